The summed E-state index contributed by atoms with van der Waals surface area (Å²) in [5, 5.41) is 9.48. The lowest BCUT2D eigenvalue weighted by atomic mass is 10.0. The average Bonchev–Trinajstić information content (AvgIpc) is 2.40. The zero-order chi connectivity index (χ0) is 15.7. The topological polar surface area (TPSA) is 148 Å². The monoisotopic (exact) mass is 286 g/mol. The molecule has 114 valence electrons. The second-order valence-electron chi connectivity index (χ2n) is 4.47. The first-order valence-electron chi connectivity index (χ1n) is 6.42. The van der Waals surface area contributed by atoms with Crippen LogP contribution in [0.1, 0.15) is 33.1 Å². The Labute approximate surface area is 117 Å². The third-order valence-corrected chi connectivity index (χ3v) is 2.76. The standard InChI is InChI=1S/C12H22N4O4/c1-3-7(2)9(17)11(19)20-10(18)8(13)5-4-6-16-12(14)15/h7-8H,3-6,13H2,1-2H3,(H4,14,15,16)/t7?,8-/m0/s1. The predicted molar refractivity (Wildman–Crippen MR) is 72.7 cm³/mol. The van der Waals surface area contributed by atoms with Gasteiger partial charge in [0.15, 0.2) is 5.96 Å². The number of rotatable bonds is 8. The summed E-state index contributed by atoms with van der Waals surface area (Å²) in [4.78, 5) is 34.3. The van der Waals surface area contributed by atoms with Gasteiger partial charge in [0.05, 0.1) is 0 Å². The molecule has 0 aromatic carbocycles. The number of hydrogen-bond donors (Lipinski definition) is 4. The molecule has 0 aliphatic rings. The van der Waals surface area contributed by atoms with E-state index in [2.05, 4.69) is 10.1 Å². The Morgan fingerprint density at radius 1 is 1.35 bits per heavy atom. The first-order chi connectivity index (χ1) is 9.29. The zero-order valence-corrected chi connectivity index (χ0v) is 11.8. The largest absolute Gasteiger partial charge is 0.386 e. The van der Waals surface area contributed by atoms with Gasteiger partial charge in [0.2, 0.25) is 5.78 Å². The Hall–Kier alpha value is -1.96. The van der Waals surface area contributed by atoms with E-state index in [1.54, 1.807) is 13.8 Å². The summed E-state index contributed by atoms with van der Waals surface area (Å²) in [6, 6.07) is -0.988. The van der Waals surface area contributed by atoms with Gasteiger partial charge in [-0.05, 0) is 19.3 Å². The lowest BCUT2D eigenvalue weighted by Crippen LogP contribution is -2.37. The minimum atomic E-state index is -1.17. The molecule has 0 aliphatic carbocycles. The number of ketones is 1. The second kappa shape index (κ2) is 9.03. The number of Topliss-reactive ketones (excluding diaryl/α,β-unsaturated/α-hetero) is 1. The SMILES string of the molecule is CCC(C)C(=O)C(=O)OC(=O)[C@@H](N)CCCNC(=N)N. The molecule has 8 nitrogen and oxygen atoms in total. The van der Waals surface area contributed by atoms with Crippen LogP contribution in [0, 0.1) is 11.3 Å². The van der Waals surface area contributed by atoms with Crippen molar-refractivity contribution in [2.75, 3.05) is 6.54 Å². The molecule has 1 unspecified atom stereocenters. The Morgan fingerprint density at radius 3 is 2.45 bits per heavy atom. The Kier molecular flexibility index (Phi) is 8.14. The molecule has 0 fully saturated rings. The van der Waals surface area contributed by atoms with Crippen molar-refractivity contribution in [3.8, 4) is 0 Å². The van der Waals surface area contributed by atoms with E-state index in [0.717, 1.165) is 0 Å². The van der Waals surface area contributed by atoms with Gasteiger partial charge in [0.25, 0.3) is 0 Å². The molecule has 0 rings (SSSR count). The maximum atomic E-state index is 11.5. The van der Waals surface area contributed by atoms with Crippen LogP contribution in [0.3, 0.4) is 0 Å². The van der Waals surface area contributed by atoms with Gasteiger partial charge in [-0.25, -0.2) is 9.59 Å². The van der Waals surface area contributed by atoms with Gasteiger partial charge in [-0.15, -0.1) is 0 Å². The van der Waals surface area contributed by atoms with Gasteiger partial charge < -0.3 is 21.5 Å². The third-order valence-electron chi connectivity index (χ3n) is 2.76. The Balaban J connectivity index is 4.10. The molecule has 0 aromatic heterocycles. The van der Waals surface area contributed by atoms with Crippen LogP contribution in [0.25, 0.3) is 0 Å². The predicted octanol–water partition coefficient (Wildman–Crippen LogP) is -0.738. The fourth-order valence-electron chi connectivity index (χ4n) is 1.27. The van der Waals surface area contributed by atoms with Crippen molar-refractivity contribution in [2.24, 2.45) is 17.4 Å². The van der Waals surface area contributed by atoms with E-state index < -0.39 is 29.7 Å². The van der Waals surface area contributed by atoms with Crippen molar-refractivity contribution in [1.82, 2.24) is 5.32 Å². The Morgan fingerprint density at radius 2 is 1.95 bits per heavy atom. The first kappa shape index (κ1) is 18.0. The van der Waals surface area contributed by atoms with Crippen molar-refractivity contribution < 1.29 is 19.1 Å². The minimum Gasteiger partial charge on any atom is -0.386 e. The lowest BCUT2D eigenvalue weighted by Gasteiger charge is -2.11. The van der Waals surface area contributed by atoms with E-state index in [1.165, 1.54) is 0 Å². The van der Waals surface area contributed by atoms with Gasteiger partial charge >= 0.3 is 11.9 Å². The van der Waals surface area contributed by atoms with E-state index in [4.69, 9.17) is 16.9 Å². The molecule has 0 heterocycles. The van der Waals surface area contributed by atoms with Gasteiger partial charge in [0, 0.05) is 12.5 Å². The number of nitrogens with two attached hydrogens (primary N) is 2. The Bertz CT molecular complexity index is 384. The average molecular weight is 286 g/mol. The smallest absolute Gasteiger partial charge is 0.382 e. The molecule has 0 radical (unpaired) electrons. The summed E-state index contributed by atoms with van der Waals surface area (Å²) in [7, 11) is 0. The normalized spacial score (nSPS) is 13.2. The van der Waals surface area contributed by atoms with Crippen LogP contribution in [-0.2, 0) is 19.1 Å². The van der Waals surface area contributed by atoms with Crippen LogP contribution in [0.5, 0.6) is 0 Å². The maximum Gasteiger partial charge on any atom is 0.382 e. The number of ether oxygens (including phenoxy) is 1. The maximum absolute atomic E-state index is 11.5. The summed E-state index contributed by atoms with van der Waals surface area (Å²) < 4.78 is 4.44. The number of hydrogen-bond acceptors (Lipinski definition) is 6. The summed E-state index contributed by atoms with van der Waals surface area (Å²) in [6.07, 6.45) is 1.22. The molecule has 0 aliphatic heterocycles. The summed E-state index contributed by atoms with van der Waals surface area (Å²) in [6.45, 7) is 3.73. The molecule has 8 heteroatoms. The van der Waals surface area contributed by atoms with E-state index in [-0.39, 0.29) is 12.4 Å². The number of nitrogens with one attached hydrogen (secondary N) is 2. The highest BCUT2D eigenvalue weighted by atomic mass is 16.6. The molecule has 0 aromatic rings. The highest BCUT2D eigenvalue weighted by Gasteiger charge is 2.26. The van der Waals surface area contributed by atoms with Gasteiger partial charge in [0.1, 0.15) is 6.04 Å². The van der Waals surface area contributed by atoms with E-state index in [0.29, 0.717) is 19.4 Å². The molecule has 2 atom stereocenters. The van der Waals surface area contributed by atoms with Crippen LogP contribution < -0.4 is 16.8 Å². The van der Waals surface area contributed by atoms with Crippen LogP contribution >= 0.6 is 0 Å². The highest BCUT2D eigenvalue weighted by molar-refractivity contribution is 6.36. The first-order valence-corrected chi connectivity index (χ1v) is 6.42. The van der Waals surface area contributed by atoms with Crippen molar-refractivity contribution in [2.45, 2.75) is 39.2 Å². The molecular formula is C12H22N4O4. The second-order valence-corrected chi connectivity index (χ2v) is 4.47. The summed E-state index contributed by atoms with van der Waals surface area (Å²) in [5.41, 5.74) is 10.6. The van der Waals surface area contributed by atoms with Crippen LogP contribution in [-0.4, -0.2) is 36.3 Å². The quantitative estimate of drug-likeness (QED) is 0.115. The van der Waals surface area contributed by atoms with Gasteiger partial charge in [-0.1, -0.05) is 13.8 Å². The summed E-state index contributed by atoms with van der Waals surface area (Å²) >= 11 is 0. The lowest BCUT2D eigenvalue weighted by molar-refractivity contribution is -0.166. The van der Waals surface area contributed by atoms with E-state index in [9.17, 15) is 14.4 Å². The minimum absolute atomic E-state index is 0.171. The van der Waals surface area contributed by atoms with Crippen molar-refractivity contribution >= 4 is 23.7 Å². The van der Waals surface area contributed by atoms with E-state index >= 15 is 0 Å². The van der Waals surface area contributed by atoms with Crippen LogP contribution in [0.4, 0.5) is 0 Å². The summed E-state index contributed by atoms with van der Waals surface area (Å²) in [5.74, 6) is -3.47. The van der Waals surface area contributed by atoms with E-state index in [1.807, 2.05) is 0 Å². The van der Waals surface area contributed by atoms with Crippen molar-refractivity contribution in [3.63, 3.8) is 0 Å². The zero-order valence-electron chi connectivity index (χ0n) is 11.8. The van der Waals surface area contributed by atoms with Crippen molar-refractivity contribution in [3.05, 3.63) is 0 Å². The van der Waals surface area contributed by atoms with Gasteiger partial charge in [-0.2, -0.15) is 0 Å². The fourth-order valence-corrected chi connectivity index (χ4v) is 1.27. The third kappa shape index (κ3) is 6.83. The van der Waals surface area contributed by atoms with Crippen LogP contribution in [0.2, 0.25) is 0 Å². The number of guanidine groups is 1. The molecular weight excluding hydrogens is 264 g/mol. The molecule has 0 spiro atoms. The fraction of sp³-hybridized carbons (Fsp3) is 0.667. The molecule has 0 saturated carbocycles. The number of carbonyl (C=O) groups is 3. The number of esters is 2. The van der Waals surface area contributed by atoms with Crippen LogP contribution in [0.15, 0.2) is 0 Å². The van der Waals surface area contributed by atoms with Gasteiger partial charge in [-0.3, -0.25) is 10.2 Å². The molecule has 0 bridgehead atoms. The molecule has 0 saturated heterocycles. The molecule has 6 N–H and O–H groups in total. The van der Waals surface area contributed by atoms with Crippen molar-refractivity contribution in [1.29, 1.82) is 5.41 Å². The highest BCUT2D eigenvalue weighted by Crippen LogP contribution is 2.05. The molecule has 20 heavy (non-hydrogen) atoms. The number of carbonyl (C=O) groups excluding carboxylic acids is 3. The molecule has 0 amide bonds.